The van der Waals surface area contributed by atoms with Gasteiger partial charge in [0.15, 0.2) is 5.78 Å². The van der Waals surface area contributed by atoms with Crippen LogP contribution in [0.4, 0.5) is 0 Å². The lowest BCUT2D eigenvalue weighted by atomic mass is 9.89. The quantitative estimate of drug-likeness (QED) is 0.761. The molecule has 17 heavy (non-hydrogen) atoms. The van der Waals surface area contributed by atoms with E-state index in [4.69, 9.17) is 5.73 Å². The highest BCUT2D eigenvalue weighted by atomic mass is 16.2. The van der Waals surface area contributed by atoms with Gasteiger partial charge in [-0.15, -0.1) is 0 Å². The molecular weight excluding hydrogens is 218 g/mol. The number of amides is 1. The van der Waals surface area contributed by atoms with Gasteiger partial charge in [-0.25, -0.2) is 5.01 Å². The van der Waals surface area contributed by atoms with Crippen LogP contribution in [-0.4, -0.2) is 46.4 Å². The van der Waals surface area contributed by atoms with E-state index in [0.29, 0.717) is 18.9 Å². The summed E-state index contributed by atoms with van der Waals surface area (Å²) in [4.78, 5) is 23.9. The summed E-state index contributed by atoms with van der Waals surface area (Å²) in [7, 11) is 0. The van der Waals surface area contributed by atoms with E-state index in [1.165, 1.54) is 0 Å². The van der Waals surface area contributed by atoms with Crippen LogP contribution >= 0.6 is 0 Å². The first-order valence-corrected chi connectivity index (χ1v) is 6.23. The Bertz CT molecular complexity index is 356. The molecule has 0 bridgehead atoms. The zero-order chi connectivity index (χ0) is 12.8. The third-order valence-electron chi connectivity index (χ3n) is 3.60. The predicted octanol–water partition coefficient (Wildman–Crippen LogP) is 0.151. The third kappa shape index (κ3) is 1.98. The molecule has 0 saturated carbocycles. The molecule has 2 N–H and O–H groups in total. The molecule has 0 aromatic rings. The zero-order valence-corrected chi connectivity index (χ0v) is 10.8. The number of nitrogens with zero attached hydrogens (tertiary/aromatic N) is 2. The van der Waals surface area contributed by atoms with Gasteiger partial charge >= 0.3 is 0 Å². The van der Waals surface area contributed by atoms with Crippen LogP contribution < -0.4 is 5.73 Å². The van der Waals surface area contributed by atoms with E-state index in [1.54, 1.807) is 11.9 Å². The van der Waals surface area contributed by atoms with Gasteiger partial charge in [-0.2, -0.15) is 0 Å². The molecule has 0 radical (unpaired) electrons. The van der Waals surface area contributed by atoms with Crippen molar-refractivity contribution in [3.63, 3.8) is 0 Å². The second-order valence-corrected chi connectivity index (χ2v) is 5.71. The summed E-state index contributed by atoms with van der Waals surface area (Å²) >= 11 is 0. The number of hydrogen-bond acceptors (Lipinski definition) is 4. The fourth-order valence-corrected chi connectivity index (χ4v) is 3.00. The Labute approximate surface area is 102 Å². The minimum Gasteiger partial charge on any atom is -0.316 e. The molecule has 2 rings (SSSR count). The van der Waals surface area contributed by atoms with Gasteiger partial charge in [0.05, 0.1) is 0 Å². The van der Waals surface area contributed by atoms with E-state index in [0.717, 1.165) is 13.0 Å². The Hall–Kier alpha value is -0.940. The van der Waals surface area contributed by atoms with Gasteiger partial charge in [0.25, 0.3) is 5.91 Å². The van der Waals surface area contributed by atoms with E-state index in [-0.39, 0.29) is 17.7 Å². The van der Waals surface area contributed by atoms with E-state index in [9.17, 15) is 9.59 Å². The number of rotatable bonds is 3. The number of carbonyl (C=O) groups is 2. The largest absolute Gasteiger partial charge is 0.316 e. The van der Waals surface area contributed by atoms with Crippen LogP contribution in [0.25, 0.3) is 0 Å². The molecule has 5 nitrogen and oxygen atoms in total. The summed E-state index contributed by atoms with van der Waals surface area (Å²) in [5, 5.41) is 3.54. The van der Waals surface area contributed by atoms with Gasteiger partial charge in [0.2, 0.25) is 0 Å². The van der Waals surface area contributed by atoms with Crippen LogP contribution in [0.5, 0.6) is 0 Å². The number of Topliss-reactive ketones (excluding diaryl/α,β-unsaturated/α-hetero) is 1. The maximum Gasteiger partial charge on any atom is 0.259 e. The Kier molecular flexibility index (Phi) is 2.99. The van der Waals surface area contributed by atoms with Crippen LogP contribution in [0, 0.1) is 5.92 Å². The Morgan fingerprint density at radius 1 is 1.59 bits per heavy atom. The molecule has 5 heteroatoms. The van der Waals surface area contributed by atoms with Gasteiger partial charge in [-0.1, -0.05) is 13.8 Å². The predicted molar refractivity (Wildman–Crippen MR) is 63.9 cm³/mol. The van der Waals surface area contributed by atoms with Gasteiger partial charge in [-0.05, 0) is 25.7 Å². The SMILES string of the molecule is CC(=O)C1CCN2CC(N)(CC(C)C)C(=O)N12. The van der Waals surface area contributed by atoms with Crippen LogP contribution in [0.15, 0.2) is 0 Å². The van der Waals surface area contributed by atoms with Crippen LogP contribution in [0.1, 0.15) is 33.6 Å². The lowest BCUT2D eigenvalue weighted by Crippen LogP contribution is -2.52. The van der Waals surface area contributed by atoms with Gasteiger partial charge in [0.1, 0.15) is 11.6 Å². The smallest absolute Gasteiger partial charge is 0.259 e. The topological polar surface area (TPSA) is 66.6 Å². The zero-order valence-electron chi connectivity index (χ0n) is 10.8. The molecule has 2 fully saturated rings. The van der Waals surface area contributed by atoms with E-state index in [1.807, 2.05) is 5.01 Å². The van der Waals surface area contributed by atoms with Crippen molar-refractivity contribution in [3.8, 4) is 0 Å². The minimum atomic E-state index is -0.803. The van der Waals surface area contributed by atoms with Gasteiger partial charge in [0, 0.05) is 13.1 Å². The number of hydrogen-bond donors (Lipinski definition) is 1. The van der Waals surface area contributed by atoms with Crippen LogP contribution in [0.3, 0.4) is 0 Å². The maximum atomic E-state index is 12.4. The Balaban J connectivity index is 2.20. The molecular formula is C12H21N3O2. The number of ketones is 1. The molecule has 0 aromatic heterocycles. The van der Waals surface area contributed by atoms with Crippen molar-refractivity contribution in [3.05, 3.63) is 0 Å². The molecule has 2 heterocycles. The summed E-state index contributed by atoms with van der Waals surface area (Å²) < 4.78 is 0. The third-order valence-corrected chi connectivity index (χ3v) is 3.60. The second-order valence-electron chi connectivity index (χ2n) is 5.71. The lowest BCUT2D eigenvalue weighted by molar-refractivity contribution is -0.145. The van der Waals surface area contributed by atoms with Gasteiger partial charge in [-0.3, -0.25) is 14.6 Å². The first-order valence-electron chi connectivity index (χ1n) is 6.23. The highest BCUT2D eigenvalue weighted by Crippen LogP contribution is 2.33. The number of fused-ring (bicyclic) bond motifs is 1. The monoisotopic (exact) mass is 239 g/mol. The van der Waals surface area contributed by atoms with Crippen LogP contribution in [-0.2, 0) is 9.59 Å². The molecule has 2 atom stereocenters. The molecule has 2 aliphatic rings. The molecule has 2 saturated heterocycles. The molecule has 0 aliphatic carbocycles. The summed E-state index contributed by atoms with van der Waals surface area (Å²) in [6.45, 7) is 6.97. The van der Waals surface area contributed by atoms with Gasteiger partial charge < -0.3 is 5.73 Å². The normalized spacial score (nSPS) is 33.6. The summed E-state index contributed by atoms with van der Waals surface area (Å²) in [6, 6.07) is -0.292. The Morgan fingerprint density at radius 3 is 2.76 bits per heavy atom. The first kappa shape index (κ1) is 12.5. The average molecular weight is 239 g/mol. The van der Waals surface area contributed by atoms with E-state index in [2.05, 4.69) is 13.8 Å². The van der Waals surface area contributed by atoms with E-state index < -0.39 is 5.54 Å². The van der Waals surface area contributed by atoms with Crippen molar-refractivity contribution in [2.45, 2.75) is 45.2 Å². The number of carbonyl (C=O) groups excluding carboxylic acids is 2. The lowest BCUT2D eigenvalue weighted by Gasteiger charge is -2.25. The summed E-state index contributed by atoms with van der Waals surface area (Å²) in [5.74, 6) is 0.347. The second kappa shape index (κ2) is 4.07. The average Bonchev–Trinajstić information content (AvgIpc) is 2.66. The molecule has 0 spiro atoms. The summed E-state index contributed by atoms with van der Waals surface area (Å²) in [5.41, 5.74) is 5.41. The molecule has 96 valence electrons. The van der Waals surface area contributed by atoms with Crippen molar-refractivity contribution < 1.29 is 9.59 Å². The van der Waals surface area contributed by atoms with Crippen molar-refractivity contribution in [2.24, 2.45) is 11.7 Å². The van der Waals surface area contributed by atoms with Crippen LogP contribution in [0.2, 0.25) is 0 Å². The van der Waals surface area contributed by atoms with Crippen molar-refractivity contribution in [2.75, 3.05) is 13.1 Å². The van der Waals surface area contributed by atoms with Crippen molar-refractivity contribution in [1.29, 1.82) is 0 Å². The minimum absolute atomic E-state index is 0.0506. The number of nitrogens with two attached hydrogens (primary N) is 1. The van der Waals surface area contributed by atoms with E-state index >= 15 is 0 Å². The fraction of sp³-hybridized carbons (Fsp3) is 0.833. The molecule has 2 aliphatic heterocycles. The maximum absolute atomic E-state index is 12.4. The van der Waals surface area contributed by atoms with Crippen molar-refractivity contribution >= 4 is 11.7 Å². The molecule has 1 amide bonds. The number of hydrazine groups is 1. The fourth-order valence-electron chi connectivity index (χ4n) is 3.00. The molecule has 2 unspecified atom stereocenters. The summed E-state index contributed by atoms with van der Waals surface area (Å²) in [6.07, 6.45) is 1.41. The van der Waals surface area contributed by atoms with Crippen molar-refractivity contribution in [1.82, 2.24) is 10.0 Å². The standard InChI is InChI=1S/C12H21N3O2/c1-8(2)6-12(13)7-14-5-4-10(9(3)16)15(14)11(12)17/h8,10H,4-7,13H2,1-3H3. The highest BCUT2D eigenvalue weighted by molar-refractivity contribution is 5.93. The first-order chi connectivity index (χ1) is 7.85. The molecule has 0 aromatic carbocycles. The highest BCUT2D eigenvalue weighted by Gasteiger charge is 2.54. The Morgan fingerprint density at radius 2 is 2.24 bits per heavy atom.